The SMILES string of the molecule is CCN(CCNC(=O)c1cc2cc(Cl)ccc2[nH]1)C(C)C. The summed E-state index contributed by atoms with van der Waals surface area (Å²) < 4.78 is 0. The predicted molar refractivity (Wildman–Crippen MR) is 88.0 cm³/mol. The Labute approximate surface area is 130 Å². The predicted octanol–water partition coefficient (Wildman–Crippen LogP) is 3.28. The molecule has 0 aliphatic heterocycles. The largest absolute Gasteiger partial charge is 0.351 e. The van der Waals surface area contributed by atoms with Gasteiger partial charge in [0.2, 0.25) is 0 Å². The number of carbonyl (C=O) groups is 1. The lowest BCUT2D eigenvalue weighted by Gasteiger charge is -2.24. The van der Waals surface area contributed by atoms with Gasteiger partial charge in [-0.05, 0) is 44.7 Å². The van der Waals surface area contributed by atoms with Gasteiger partial charge in [0.05, 0.1) is 0 Å². The highest BCUT2D eigenvalue weighted by molar-refractivity contribution is 6.31. The van der Waals surface area contributed by atoms with E-state index in [1.165, 1.54) is 0 Å². The number of aromatic nitrogens is 1. The van der Waals surface area contributed by atoms with Gasteiger partial charge in [-0.1, -0.05) is 18.5 Å². The monoisotopic (exact) mass is 307 g/mol. The van der Waals surface area contributed by atoms with E-state index in [-0.39, 0.29) is 5.91 Å². The first kappa shape index (κ1) is 15.9. The van der Waals surface area contributed by atoms with Crippen molar-refractivity contribution in [2.75, 3.05) is 19.6 Å². The first-order valence-corrected chi connectivity index (χ1v) is 7.69. The summed E-state index contributed by atoms with van der Waals surface area (Å²) in [4.78, 5) is 17.6. The molecule has 114 valence electrons. The summed E-state index contributed by atoms with van der Waals surface area (Å²) in [6.45, 7) is 8.92. The van der Waals surface area contributed by atoms with Gasteiger partial charge in [-0.25, -0.2) is 0 Å². The number of carbonyl (C=O) groups excluding carboxylic acids is 1. The average Bonchev–Trinajstić information content (AvgIpc) is 2.86. The number of likely N-dealkylation sites (N-methyl/N-ethyl adjacent to an activating group) is 1. The summed E-state index contributed by atoms with van der Waals surface area (Å²) in [5.41, 5.74) is 1.49. The fourth-order valence-electron chi connectivity index (χ4n) is 2.42. The van der Waals surface area contributed by atoms with Gasteiger partial charge in [0, 0.05) is 35.1 Å². The maximum atomic E-state index is 12.1. The number of benzene rings is 1. The minimum Gasteiger partial charge on any atom is -0.351 e. The molecule has 0 atom stereocenters. The van der Waals surface area contributed by atoms with E-state index in [0.717, 1.165) is 24.0 Å². The normalized spacial score (nSPS) is 11.5. The van der Waals surface area contributed by atoms with Gasteiger partial charge >= 0.3 is 0 Å². The molecule has 0 fully saturated rings. The third kappa shape index (κ3) is 3.99. The van der Waals surface area contributed by atoms with Crippen molar-refractivity contribution >= 4 is 28.4 Å². The number of hydrogen-bond donors (Lipinski definition) is 2. The summed E-state index contributed by atoms with van der Waals surface area (Å²) in [7, 11) is 0. The highest BCUT2D eigenvalue weighted by atomic mass is 35.5. The van der Waals surface area contributed by atoms with Gasteiger partial charge in [-0.2, -0.15) is 0 Å². The van der Waals surface area contributed by atoms with E-state index in [9.17, 15) is 4.79 Å². The Bertz CT molecular complexity index is 621. The Morgan fingerprint density at radius 1 is 1.38 bits per heavy atom. The number of halogens is 1. The number of rotatable bonds is 6. The Kier molecular flexibility index (Phi) is 5.26. The lowest BCUT2D eigenvalue weighted by Crippen LogP contribution is -2.38. The second kappa shape index (κ2) is 6.96. The summed E-state index contributed by atoms with van der Waals surface area (Å²) in [5, 5.41) is 4.57. The Morgan fingerprint density at radius 2 is 2.14 bits per heavy atom. The first-order chi connectivity index (χ1) is 10.0. The summed E-state index contributed by atoms with van der Waals surface area (Å²) in [5.74, 6) is -0.0814. The van der Waals surface area contributed by atoms with Crippen LogP contribution in [-0.4, -0.2) is 41.5 Å². The van der Waals surface area contributed by atoms with E-state index in [4.69, 9.17) is 11.6 Å². The van der Waals surface area contributed by atoms with Crippen LogP contribution >= 0.6 is 11.6 Å². The van der Waals surface area contributed by atoms with Crippen LogP contribution in [0.25, 0.3) is 10.9 Å². The molecule has 1 heterocycles. The highest BCUT2D eigenvalue weighted by Crippen LogP contribution is 2.19. The number of hydrogen-bond acceptors (Lipinski definition) is 2. The zero-order chi connectivity index (χ0) is 15.4. The van der Waals surface area contributed by atoms with Crippen molar-refractivity contribution in [2.24, 2.45) is 0 Å². The molecule has 21 heavy (non-hydrogen) atoms. The summed E-state index contributed by atoms with van der Waals surface area (Å²) >= 11 is 5.95. The van der Waals surface area contributed by atoms with E-state index >= 15 is 0 Å². The Morgan fingerprint density at radius 3 is 2.81 bits per heavy atom. The van der Waals surface area contributed by atoms with Gasteiger partial charge in [-0.3, -0.25) is 9.69 Å². The molecule has 5 heteroatoms. The second-order valence-electron chi connectivity index (χ2n) is 5.39. The van der Waals surface area contributed by atoms with Crippen LogP contribution in [0.15, 0.2) is 24.3 Å². The van der Waals surface area contributed by atoms with Crippen molar-refractivity contribution in [1.29, 1.82) is 0 Å². The number of nitrogens with zero attached hydrogens (tertiary/aromatic N) is 1. The van der Waals surface area contributed by atoms with Crippen molar-refractivity contribution in [1.82, 2.24) is 15.2 Å². The molecule has 0 unspecified atom stereocenters. The second-order valence-corrected chi connectivity index (χ2v) is 5.83. The van der Waals surface area contributed by atoms with Gasteiger partial charge in [-0.15, -0.1) is 0 Å². The lowest BCUT2D eigenvalue weighted by molar-refractivity contribution is 0.0941. The number of fused-ring (bicyclic) bond motifs is 1. The minimum atomic E-state index is -0.0814. The van der Waals surface area contributed by atoms with Crippen LogP contribution in [-0.2, 0) is 0 Å². The van der Waals surface area contributed by atoms with E-state index < -0.39 is 0 Å². The minimum absolute atomic E-state index is 0.0814. The number of aromatic amines is 1. The van der Waals surface area contributed by atoms with Crippen molar-refractivity contribution < 1.29 is 4.79 Å². The molecule has 1 aromatic heterocycles. The fourth-order valence-corrected chi connectivity index (χ4v) is 2.60. The molecule has 0 bridgehead atoms. The smallest absolute Gasteiger partial charge is 0.267 e. The maximum absolute atomic E-state index is 12.1. The van der Waals surface area contributed by atoms with Gasteiger partial charge in [0.15, 0.2) is 0 Å². The molecular weight excluding hydrogens is 286 g/mol. The number of nitrogens with one attached hydrogen (secondary N) is 2. The molecule has 0 aliphatic rings. The molecule has 0 spiro atoms. The maximum Gasteiger partial charge on any atom is 0.267 e. The van der Waals surface area contributed by atoms with E-state index in [0.29, 0.717) is 23.3 Å². The quantitative estimate of drug-likeness (QED) is 0.860. The molecule has 0 aliphatic carbocycles. The molecule has 2 rings (SSSR count). The van der Waals surface area contributed by atoms with Crippen LogP contribution in [0.5, 0.6) is 0 Å². The fraction of sp³-hybridized carbons (Fsp3) is 0.438. The van der Waals surface area contributed by atoms with Crippen LogP contribution in [0.4, 0.5) is 0 Å². The molecular formula is C16H22ClN3O. The van der Waals surface area contributed by atoms with Gasteiger partial charge in [0.25, 0.3) is 5.91 Å². The third-order valence-electron chi connectivity index (χ3n) is 3.65. The molecule has 4 nitrogen and oxygen atoms in total. The van der Waals surface area contributed by atoms with Crippen LogP contribution in [0.3, 0.4) is 0 Å². The van der Waals surface area contributed by atoms with Crippen LogP contribution in [0, 0.1) is 0 Å². The molecule has 2 N–H and O–H groups in total. The standard InChI is InChI=1S/C16H22ClN3O/c1-4-20(11(2)3)8-7-18-16(21)15-10-12-9-13(17)5-6-14(12)19-15/h5-6,9-11,19H,4,7-8H2,1-3H3,(H,18,21). The van der Waals surface area contributed by atoms with E-state index in [1.54, 1.807) is 0 Å². The first-order valence-electron chi connectivity index (χ1n) is 7.31. The van der Waals surface area contributed by atoms with Crippen molar-refractivity contribution in [3.8, 4) is 0 Å². The molecule has 0 saturated carbocycles. The van der Waals surface area contributed by atoms with Crippen LogP contribution in [0.1, 0.15) is 31.3 Å². The zero-order valence-corrected chi connectivity index (χ0v) is 13.5. The van der Waals surface area contributed by atoms with Gasteiger partial charge in [0.1, 0.15) is 5.69 Å². The van der Waals surface area contributed by atoms with Crippen LogP contribution < -0.4 is 5.32 Å². The zero-order valence-electron chi connectivity index (χ0n) is 12.7. The Balaban J connectivity index is 1.96. The topological polar surface area (TPSA) is 48.1 Å². The van der Waals surface area contributed by atoms with Crippen molar-refractivity contribution in [3.63, 3.8) is 0 Å². The molecule has 2 aromatic rings. The van der Waals surface area contributed by atoms with E-state index in [1.807, 2.05) is 24.3 Å². The molecule has 0 radical (unpaired) electrons. The number of H-pyrrole nitrogens is 1. The Hall–Kier alpha value is -1.52. The molecule has 0 saturated heterocycles. The lowest BCUT2D eigenvalue weighted by atomic mass is 10.2. The van der Waals surface area contributed by atoms with Crippen molar-refractivity contribution in [2.45, 2.75) is 26.8 Å². The summed E-state index contributed by atoms with van der Waals surface area (Å²) in [6.07, 6.45) is 0. The van der Waals surface area contributed by atoms with Crippen molar-refractivity contribution in [3.05, 3.63) is 35.0 Å². The van der Waals surface area contributed by atoms with E-state index in [2.05, 4.69) is 36.0 Å². The third-order valence-corrected chi connectivity index (χ3v) is 3.88. The highest BCUT2D eigenvalue weighted by Gasteiger charge is 2.11. The average molecular weight is 308 g/mol. The van der Waals surface area contributed by atoms with Gasteiger partial charge < -0.3 is 10.3 Å². The molecule has 1 amide bonds. The molecule has 1 aromatic carbocycles. The number of amides is 1. The summed E-state index contributed by atoms with van der Waals surface area (Å²) in [6, 6.07) is 7.86. The van der Waals surface area contributed by atoms with Crippen LogP contribution in [0.2, 0.25) is 5.02 Å².